The number of aromatic nitrogens is 3. The molecule has 148 valence electrons. The van der Waals surface area contributed by atoms with E-state index in [1.807, 2.05) is 26.8 Å². The highest BCUT2D eigenvalue weighted by Crippen LogP contribution is 2.19. The van der Waals surface area contributed by atoms with Crippen LogP contribution in [0.1, 0.15) is 25.1 Å². The van der Waals surface area contributed by atoms with E-state index in [4.69, 9.17) is 0 Å². The zero-order valence-corrected chi connectivity index (χ0v) is 16.9. The van der Waals surface area contributed by atoms with Crippen molar-refractivity contribution in [1.29, 1.82) is 0 Å². The van der Waals surface area contributed by atoms with Gasteiger partial charge in [-0.05, 0) is 25.0 Å². The van der Waals surface area contributed by atoms with Crippen molar-refractivity contribution in [3.8, 4) is 0 Å². The summed E-state index contributed by atoms with van der Waals surface area (Å²) in [4.78, 5) is 32.7. The molecule has 0 spiro atoms. The molecule has 2 N–H and O–H groups in total. The summed E-state index contributed by atoms with van der Waals surface area (Å²) >= 11 is 1.21. The van der Waals surface area contributed by atoms with Crippen LogP contribution in [0.15, 0.2) is 40.3 Å². The van der Waals surface area contributed by atoms with Crippen molar-refractivity contribution in [3.63, 3.8) is 0 Å². The number of hydrogen-bond donors (Lipinski definition) is 2. The number of carbonyl (C=O) groups excluding carboxylic acids is 1. The van der Waals surface area contributed by atoms with E-state index in [0.29, 0.717) is 28.3 Å². The van der Waals surface area contributed by atoms with Crippen molar-refractivity contribution in [1.82, 2.24) is 19.9 Å². The van der Waals surface area contributed by atoms with E-state index in [-0.39, 0.29) is 35.5 Å². The second-order valence-corrected chi connectivity index (χ2v) is 8.02. The maximum Gasteiger partial charge on any atom is 0.278 e. The average molecular weight is 402 g/mol. The van der Waals surface area contributed by atoms with E-state index < -0.39 is 0 Å². The van der Waals surface area contributed by atoms with Gasteiger partial charge in [-0.25, -0.2) is 9.37 Å². The number of rotatable bonds is 7. The lowest BCUT2D eigenvalue weighted by Crippen LogP contribution is -2.28. The first-order chi connectivity index (χ1) is 13.3. The Morgan fingerprint density at radius 3 is 2.82 bits per heavy atom. The first-order valence-electron chi connectivity index (χ1n) is 9.08. The Morgan fingerprint density at radius 2 is 2.11 bits per heavy atom. The molecule has 2 aromatic heterocycles. The van der Waals surface area contributed by atoms with Crippen LogP contribution in [0.4, 0.5) is 4.39 Å². The molecule has 0 unspecified atom stereocenters. The van der Waals surface area contributed by atoms with E-state index in [1.165, 1.54) is 17.8 Å². The molecule has 3 aromatic rings. The Bertz CT molecular complexity index is 1060. The van der Waals surface area contributed by atoms with Crippen molar-refractivity contribution in [2.75, 3.05) is 5.75 Å². The fourth-order valence-electron chi connectivity index (χ4n) is 2.86. The molecule has 0 saturated carbocycles. The van der Waals surface area contributed by atoms with Crippen LogP contribution < -0.4 is 10.9 Å². The summed E-state index contributed by atoms with van der Waals surface area (Å²) in [6, 6.07) is 8.14. The number of amides is 1. The highest BCUT2D eigenvalue weighted by atomic mass is 32.2. The normalized spacial score (nSPS) is 11.3. The van der Waals surface area contributed by atoms with Crippen LogP contribution in [0.2, 0.25) is 0 Å². The third kappa shape index (κ3) is 4.62. The molecule has 0 aliphatic carbocycles. The van der Waals surface area contributed by atoms with Gasteiger partial charge in [-0.15, -0.1) is 0 Å². The Balaban J connectivity index is 1.74. The van der Waals surface area contributed by atoms with Crippen molar-refractivity contribution in [2.24, 2.45) is 5.92 Å². The van der Waals surface area contributed by atoms with Gasteiger partial charge in [0.2, 0.25) is 5.91 Å². The third-order valence-corrected chi connectivity index (χ3v) is 5.13. The molecular weight excluding hydrogens is 379 g/mol. The standard InChI is InChI=1S/C20H23FN4O2S/c1-12(2)10-25-19(27)18-16(8-13(3)23-18)24-20(25)28-11-17(26)22-9-14-6-4-5-7-15(14)21/h4-8,12,23H,9-11H2,1-3H3,(H,22,26). The maximum atomic E-state index is 13.7. The van der Waals surface area contributed by atoms with Crippen molar-refractivity contribution < 1.29 is 9.18 Å². The van der Waals surface area contributed by atoms with Gasteiger partial charge in [-0.3, -0.25) is 14.2 Å². The van der Waals surface area contributed by atoms with E-state index in [0.717, 1.165) is 5.69 Å². The summed E-state index contributed by atoms with van der Waals surface area (Å²) in [6.45, 7) is 6.54. The van der Waals surface area contributed by atoms with Gasteiger partial charge in [-0.1, -0.05) is 43.8 Å². The molecule has 1 amide bonds. The zero-order chi connectivity index (χ0) is 20.3. The van der Waals surface area contributed by atoms with Gasteiger partial charge in [0.05, 0.1) is 11.3 Å². The molecular formula is C20H23FN4O2S. The Labute approximate surface area is 166 Å². The van der Waals surface area contributed by atoms with Gasteiger partial charge in [0.15, 0.2) is 5.16 Å². The Morgan fingerprint density at radius 1 is 1.36 bits per heavy atom. The first kappa shape index (κ1) is 20.1. The molecule has 8 heteroatoms. The quantitative estimate of drug-likeness (QED) is 0.470. The highest BCUT2D eigenvalue weighted by Gasteiger charge is 2.16. The summed E-state index contributed by atoms with van der Waals surface area (Å²) in [7, 11) is 0. The van der Waals surface area contributed by atoms with E-state index in [1.54, 1.807) is 22.8 Å². The molecule has 0 saturated heterocycles. The predicted molar refractivity (Wildman–Crippen MR) is 109 cm³/mol. The summed E-state index contributed by atoms with van der Waals surface area (Å²) in [6.07, 6.45) is 0. The van der Waals surface area contributed by atoms with Gasteiger partial charge in [0, 0.05) is 24.3 Å². The summed E-state index contributed by atoms with van der Waals surface area (Å²) in [5, 5.41) is 3.21. The number of thioether (sulfide) groups is 1. The smallest absolute Gasteiger partial charge is 0.278 e. The number of benzene rings is 1. The zero-order valence-electron chi connectivity index (χ0n) is 16.1. The number of nitrogens with one attached hydrogen (secondary N) is 2. The van der Waals surface area contributed by atoms with Gasteiger partial charge in [0.1, 0.15) is 11.3 Å². The average Bonchev–Trinajstić information content (AvgIpc) is 3.02. The lowest BCUT2D eigenvalue weighted by molar-refractivity contribution is -0.118. The second-order valence-electron chi connectivity index (χ2n) is 7.07. The van der Waals surface area contributed by atoms with Gasteiger partial charge in [0.25, 0.3) is 5.56 Å². The van der Waals surface area contributed by atoms with Crippen LogP contribution in [0.25, 0.3) is 11.0 Å². The molecule has 3 rings (SSSR count). The van der Waals surface area contributed by atoms with Crippen molar-refractivity contribution in [2.45, 2.75) is 39.0 Å². The molecule has 0 bridgehead atoms. The van der Waals surface area contributed by atoms with Crippen LogP contribution in [0.3, 0.4) is 0 Å². The monoisotopic (exact) mass is 402 g/mol. The number of aryl methyl sites for hydroxylation is 1. The van der Waals surface area contributed by atoms with Crippen molar-refractivity contribution in [3.05, 3.63) is 57.8 Å². The predicted octanol–water partition coefficient (Wildman–Crippen LogP) is 3.24. The molecule has 2 heterocycles. The molecule has 6 nitrogen and oxygen atoms in total. The molecule has 0 aliphatic heterocycles. The minimum Gasteiger partial charge on any atom is -0.353 e. The maximum absolute atomic E-state index is 13.7. The number of H-pyrrole nitrogens is 1. The topological polar surface area (TPSA) is 79.8 Å². The van der Waals surface area contributed by atoms with Gasteiger partial charge in [-0.2, -0.15) is 0 Å². The van der Waals surface area contributed by atoms with E-state index >= 15 is 0 Å². The summed E-state index contributed by atoms with van der Waals surface area (Å²) < 4.78 is 15.3. The Hall–Kier alpha value is -2.61. The van der Waals surface area contributed by atoms with Crippen LogP contribution in [0.5, 0.6) is 0 Å². The molecule has 0 atom stereocenters. The SMILES string of the molecule is Cc1cc2nc(SCC(=O)NCc3ccccc3F)n(CC(C)C)c(=O)c2[nH]1. The van der Waals surface area contributed by atoms with E-state index in [9.17, 15) is 14.0 Å². The number of nitrogens with zero attached hydrogens (tertiary/aromatic N) is 2. The van der Waals surface area contributed by atoms with Crippen LogP contribution in [-0.2, 0) is 17.9 Å². The molecule has 0 fully saturated rings. The lowest BCUT2D eigenvalue weighted by atomic mass is 10.2. The second kappa shape index (κ2) is 8.60. The van der Waals surface area contributed by atoms with Crippen LogP contribution in [-0.4, -0.2) is 26.2 Å². The summed E-state index contributed by atoms with van der Waals surface area (Å²) in [5.41, 5.74) is 2.23. The first-order valence-corrected chi connectivity index (χ1v) is 10.1. The fraction of sp³-hybridized carbons (Fsp3) is 0.350. The van der Waals surface area contributed by atoms with Gasteiger partial charge < -0.3 is 10.3 Å². The minimum absolute atomic E-state index is 0.0912. The van der Waals surface area contributed by atoms with Crippen molar-refractivity contribution >= 4 is 28.7 Å². The fourth-order valence-corrected chi connectivity index (χ4v) is 3.70. The molecule has 1 aromatic carbocycles. The number of halogens is 1. The Kier molecular flexibility index (Phi) is 6.18. The summed E-state index contributed by atoms with van der Waals surface area (Å²) in [5.74, 6) is -0.254. The highest BCUT2D eigenvalue weighted by molar-refractivity contribution is 7.99. The minimum atomic E-state index is -0.351. The van der Waals surface area contributed by atoms with Gasteiger partial charge >= 0.3 is 0 Å². The number of fused-ring (bicyclic) bond motifs is 1. The third-order valence-electron chi connectivity index (χ3n) is 4.15. The molecule has 0 radical (unpaired) electrons. The van der Waals surface area contributed by atoms with E-state index in [2.05, 4.69) is 15.3 Å². The van der Waals surface area contributed by atoms with Crippen LogP contribution in [0, 0.1) is 18.7 Å². The number of carbonyl (C=O) groups is 1. The largest absolute Gasteiger partial charge is 0.353 e. The molecule has 28 heavy (non-hydrogen) atoms. The lowest BCUT2D eigenvalue weighted by Gasteiger charge is -2.14. The molecule has 0 aliphatic rings. The number of aromatic amines is 1. The number of hydrogen-bond acceptors (Lipinski definition) is 4. The van der Waals surface area contributed by atoms with Crippen LogP contribution >= 0.6 is 11.8 Å².